The number of carbonyl (C=O) groups is 1. The standard InChI is InChI=1S/C25H29N5O6S/c1-14(2)28-37(34,35)22-13-19(30(32)33)11-12-21(22)36-25-17(5)23(24(31)26-18-9-10-18)27-29(25)20-8-6-7-15(3)16(20)4/h6-8,11-14,18,28H,9-10H2,1-5H3,(H,26,31). The second kappa shape index (κ2) is 9.94. The van der Waals surface area contributed by atoms with Gasteiger partial charge in [-0.05, 0) is 70.7 Å². The van der Waals surface area contributed by atoms with Gasteiger partial charge in [0.25, 0.3) is 11.6 Å². The van der Waals surface area contributed by atoms with E-state index in [4.69, 9.17) is 4.74 Å². The summed E-state index contributed by atoms with van der Waals surface area (Å²) in [5, 5.41) is 18.9. The predicted octanol–water partition coefficient (Wildman–Crippen LogP) is 4.08. The van der Waals surface area contributed by atoms with Gasteiger partial charge in [0.1, 0.15) is 10.6 Å². The molecule has 1 aliphatic rings. The third kappa shape index (κ3) is 5.49. The fourth-order valence-corrected chi connectivity index (χ4v) is 5.21. The maximum absolute atomic E-state index is 13.1. The summed E-state index contributed by atoms with van der Waals surface area (Å²) >= 11 is 0. The van der Waals surface area contributed by atoms with Crippen molar-refractivity contribution in [1.82, 2.24) is 19.8 Å². The molecule has 1 aliphatic carbocycles. The highest BCUT2D eigenvalue weighted by Gasteiger charge is 2.30. The van der Waals surface area contributed by atoms with Gasteiger partial charge in [-0.2, -0.15) is 9.78 Å². The lowest BCUT2D eigenvalue weighted by Gasteiger charge is -2.16. The number of ether oxygens (including phenoxy) is 1. The number of nitrogens with one attached hydrogen (secondary N) is 2. The number of nitro benzene ring substituents is 1. The zero-order valence-corrected chi connectivity index (χ0v) is 22.0. The van der Waals surface area contributed by atoms with E-state index in [1.807, 2.05) is 32.0 Å². The Kier molecular flexibility index (Phi) is 7.07. The number of benzene rings is 2. The second-order valence-corrected chi connectivity index (χ2v) is 11.1. The maximum Gasteiger partial charge on any atom is 0.272 e. The molecule has 1 saturated carbocycles. The second-order valence-electron chi connectivity index (χ2n) is 9.42. The fraction of sp³-hybridized carbons (Fsp3) is 0.360. The minimum Gasteiger partial charge on any atom is -0.437 e. The van der Waals surface area contributed by atoms with Crippen molar-refractivity contribution in [2.75, 3.05) is 0 Å². The van der Waals surface area contributed by atoms with E-state index in [2.05, 4.69) is 15.1 Å². The molecule has 2 aromatic carbocycles. The largest absolute Gasteiger partial charge is 0.437 e. The van der Waals surface area contributed by atoms with Crippen LogP contribution in [0.2, 0.25) is 0 Å². The van der Waals surface area contributed by atoms with Gasteiger partial charge in [0.2, 0.25) is 15.9 Å². The SMILES string of the molecule is Cc1cccc(-n2nc(C(=O)NC3CC3)c(C)c2Oc2ccc([N+](=O)[O-])cc2S(=O)(=O)NC(C)C)c1C. The van der Waals surface area contributed by atoms with E-state index in [9.17, 15) is 23.3 Å². The molecule has 0 saturated heterocycles. The number of nitrogens with zero attached hydrogens (tertiary/aromatic N) is 3. The van der Waals surface area contributed by atoms with Crippen molar-refractivity contribution >= 4 is 21.6 Å². The molecule has 1 heterocycles. The first-order valence-corrected chi connectivity index (χ1v) is 13.3. The van der Waals surface area contributed by atoms with E-state index in [0.717, 1.165) is 30.0 Å². The lowest BCUT2D eigenvalue weighted by atomic mass is 10.1. The van der Waals surface area contributed by atoms with Crippen LogP contribution in [0.4, 0.5) is 5.69 Å². The van der Waals surface area contributed by atoms with Crippen LogP contribution in [0, 0.1) is 30.9 Å². The van der Waals surface area contributed by atoms with Gasteiger partial charge < -0.3 is 10.1 Å². The number of hydrogen-bond acceptors (Lipinski definition) is 7. The first kappa shape index (κ1) is 26.3. The first-order chi connectivity index (χ1) is 17.4. The van der Waals surface area contributed by atoms with Crippen molar-refractivity contribution in [3.63, 3.8) is 0 Å². The normalized spacial score (nSPS) is 13.6. The fourth-order valence-electron chi connectivity index (χ4n) is 3.81. The van der Waals surface area contributed by atoms with Gasteiger partial charge in [-0.25, -0.2) is 13.1 Å². The third-order valence-electron chi connectivity index (χ3n) is 6.03. The minimum atomic E-state index is -4.18. The van der Waals surface area contributed by atoms with Crippen LogP contribution in [0.1, 0.15) is 53.9 Å². The van der Waals surface area contributed by atoms with Crippen molar-refractivity contribution < 1.29 is 22.9 Å². The molecule has 3 aromatic rings. The van der Waals surface area contributed by atoms with Crippen LogP contribution in [-0.4, -0.2) is 41.1 Å². The van der Waals surface area contributed by atoms with Crippen molar-refractivity contribution in [1.29, 1.82) is 0 Å². The van der Waals surface area contributed by atoms with E-state index in [1.54, 1.807) is 20.8 Å². The van der Waals surface area contributed by atoms with Crippen LogP contribution < -0.4 is 14.8 Å². The van der Waals surface area contributed by atoms with E-state index >= 15 is 0 Å². The van der Waals surface area contributed by atoms with Gasteiger partial charge in [-0.1, -0.05) is 12.1 Å². The molecule has 4 rings (SSSR count). The van der Waals surface area contributed by atoms with Gasteiger partial charge in [0, 0.05) is 29.8 Å². The Balaban J connectivity index is 1.89. The molecule has 2 N–H and O–H groups in total. The highest BCUT2D eigenvalue weighted by molar-refractivity contribution is 7.89. The molecule has 0 bridgehead atoms. The number of hydrogen-bond donors (Lipinski definition) is 2. The number of aryl methyl sites for hydroxylation is 1. The number of rotatable bonds is 9. The highest BCUT2D eigenvalue weighted by atomic mass is 32.2. The van der Waals surface area contributed by atoms with E-state index in [-0.39, 0.29) is 29.3 Å². The van der Waals surface area contributed by atoms with Gasteiger partial charge in [-0.3, -0.25) is 14.9 Å². The van der Waals surface area contributed by atoms with Crippen LogP contribution in [0.5, 0.6) is 11.6 Å². The summed E-state index contributed by atoms with van der Waals surface area (Å²) in [6.07, 6.45) is 1.80. The Morgan fingerprint density at radius 3 is 2.49 bits per heavy atom. The van der Waals surface area contributed by atoms with Crippen molar-refractivity contribution in [3.05, 3.63) is 68.9 Å². The minimum absolute atomic E-state index is 0.107. The molecule has 1 aromatic heterocycles. The summed E-state index contributed by atoms with van der Waals surface area (Å²) in [4.78, 5) is 23.3. The maximum atomic E-state index is 13.1. The topological polar surface area (TPSA) is 145 Å². The number of sulfonamides is 1. The van der Waals surface area contributed by atoms with Crippen LogP contribution in [0.3, 0.4) is 0 Å². The molecular weight excluding hydrogens is 498 g/mol. The zero-order chi connectivity index (χ0) is 27.1. The molecule has 0 atom stereocenters. The Morgan fingerprint density at radius 1 is 1.16 bits per heavy atom. The summed E-state index contributed by atoms with van der Waals surface area (Å²) in [6, 6.07) is 8.60. The molecule has 12 heteroatoms. The monoisotopic (exact) mass is 527 g/mol. The van der Waals surface area contributed by atoms with Crippen LogP contribution >= 0.6 is 0 Å². The average Bonchev–Trinajstić information content (AvgIpc) is 3.57. The van der Waals surface area contributed by atoms with Crippen molar-refractivity contribution in [2.24, 2.45) is 0 Å². The summed E-state index contributed by atoms with van der Waals surface area (Å²) in [5.74, 6) is -0.362. The molecular formula is C25H29N5O6S. The highest BCUT2D eigenvalue weighted by Crippen LogP contribution is 2.36. The predicted molar refractivity (Wildman–Crippen MR) is 137 cm³/mol. The molecule has 11 nitrogen and oxygen atoms in total. The quantitative estimate of drug-likeness (QED) is 0.315. The Morgan fingerprint density at radius 2 is 1.86 bits per heavy atom. The first-order valence-electron chi connectivity index (χ1n) is 11.8. The van der Waals surface area contributed by atoms with Gasteiger partial charge >= 0.3 is 0 Å². The van der Waals surface area contributed by atoms with Crippen molar-refractivity contribution in [3.8, 4) is 17.3 Å². The molecule has 196 valence electrons. The number of non-ortho nitro benzene ring substituents is 1. The number of amides is 1. The summed E-state index contributed by atoms with van der Waals surface area (Å²) in [6.45, 7) is 8.79. The summed E-state index contributed by atoms with van der Waals surface area (Å²) in [5.41, 5.74) is 2.67. The molecule has 0 spiro atoms. The number of carbonyl (C=O) groups excluding carboxylic acids is 1. The lowest BCUT2D eigenvalue weighted by molar-refractivity contribution is -0.385. The Labute approximate surface area is 215 Å². The zero-order valence-electron chi connectivity index (χ0n) is 21.2. The van der Waals surface area contributed by atoms with Gasteiger partial charge in [0.15, 0.2) is 5.69 Å². The summed E-state index contributed by atoms with van der Waals surface area (Å²) < 4.78 is 36.3. The molecule has 0 radical (unpaired) electrons. The van der Waals surface area contributed by atoms with E-state index in [1.165, 1.54) is 16.8 Å². The van der Waals surface area contributed by atoms with Crippen LogP contribution in [-0.2, 0) is 10.0 Å². The average molecular weight is 528 g/mol. The molecule has 37 heavy (non-hydrogen) atoms. The molecule has 0 unspecified atom stereocenters. The van der Waals surface area contributed by atoms with Gasteiger partial charge in [-0.15, -0.1) is 0 Å². The molecule has 0 aliphatic heterocycles. The molecule has 1 amide bonds. The lowest BCUT2D eigenvalue weighted by Crippen LogP contribution is -2.30. The third-order valence-corrected chi connectivity index (χ3v) is 7.71. The number of aromatic nitrogens is 2. The van der Waals surface area contributed by atoms with Gasteiger partial charge in [0.05, 0.1) is 10.6 Å². The van der Waals surface area contributed by atoms with E-state index < -0.39 is 31.6 Å². The molecule has 1 fully saturated rings. The summed E-state index contributed by atoms with van der Waals surface area (Å²) in [7, 11) is -4.18. The van der Waals surface area contributed by atoms with Crippen LogP contribution in [0.25, 0.3) is 5.69 Å². The van der Waals surface area contributed by atoms with E-state index in [0.29, 0.717) is 11.3 Å². The van der Waals surface area contributed by atoms with Crippen molar-refractivity contribution in [2.45, 2.75) is 64.4 Å². The van der Waals surface area contributed by atoms with Crippen LogP contribution in [0.15, 0.2) is 41.3 Å². The smallest absolute Gasteiger partial charge is 0.272 e. The number of nitro groups is 1. The Hall–Kier alpha value is -3.77. The Bertz CT molecular complexity index is 1490.